The molecule has 5 aromatic rings. The van der Waals surface area contributed by atoms with E-state index in [2.05, 4.69) is 49.6 Å². The molecular formula is C32H32N2O3S. The molecule has 3 aromatic carbocycles. The molecule has 38 heavy (non-hydrogen) atoms. The summed E-state index contributed by atoms with van der Waals surface area (Å²) >= 11 is 1.60. The van der Waals surface area contributed by atoms with Crippen molar-refractivity contribution in [3.8, 4) is 16.3 Å². The van der Waals surface area contributed by atoms with Crippen molar-refractivity contribution in [1.82, 2.24) is 9.55 Å². The highest BCUT2D eigenvalue weighted by atomic mass is 32.1. The van der Waals surface area contributed by atoms with Crippen molar-refractivity contribution in [2.24, 2.45) is 0 Å². The van der Waals surface area contributed by atoms with Crippen molar-refractivity contribution in [3.63, 3.8) is 0 Å². The Labute approximate surface area is 227 Å². The van der Waals surface area contributed by atoms with E-state index >= 15 is 0 Å². The summed E-state index contributed by atoms with van der Waals surface area (Å²) in [6.07, 6.45) is -0.0335. The van der Waals surface area contributed by atoms with Crippen LogP contribution in [0.1, 0.15) is 48.8 Å². The third-order valence-corrected chi connectivity index (χ3v) is 7.81. The second kappa shape index (κ2) is 10.5. The van der Waals surface area contributed by atoms with Crippen LogP contribution in [0.2, 0.25) is 0 Å². The number of hydrogen-bond donors (Lipinski definition) is 1. The van der Waals surface area contributed by atoms with Gasteiger partial charge in [-0.3, -0.25) is 4.79 Å². The lowest BCUT2D eigenvalue weighted by atomic mass is 9.87. The second-order valence-corrected chi connectivity index (χ2v) is 11.5. The minimum absolute atomic E-state index is 0.0335. The molecule has 0 amide bonds. The van der Waals surface area contributed by atoms with E-state index in [1.807, 2.05) is 60.8 Å². The van der Waals surface area contributed by atoms with Gasteiger partial charge in [0.05, 0.1) is 12.1 Å². The van der Waals surface area contributed by atoms with Crippen molar-refractivity contribution in [3.05, 3.63) is 106 Å². The average Bonchev–Trinajstić information content (AvgIpc) is 3.47. The molecule has 0 saturated carbocycles. The minimum Gasteiger partial charge on any atom is -0.487 e. The first-order chi connectivity index (χ1) is 18.2. The molecule has 5 nitrogen and oxygen atoms in total. The highest BCUT2D eigenvalue weighted by Gasteiger charge is 2.18. The minimum atomic E-state index is -0.844. The summed E-state index contributed by atoms with van der Waals surface area (Å²) in [4.78, 5) is 16.4. The van der Waals surface area contributed by atoms with Crippen LogP contribution < -0.4 is 4.74 Å². The summed E-state index contributed by atoms with van der Waals surface area (Å²) in [6, 6.07) is 24.7. The Balaban J connectivity index is 1.41. The standard InChI is InChI=1S/C32H32N2O3S/c1-21-27(17-30(35)36)28-16-26(37-19-25-20-38-31(33-25)23-8-6-5-7-9-23)14-15-29(28)34(21)18-22-10-12-24(13-11-22)32(2,3)4/h5-16,20H,17-19H2,1-4H3,(H,35,36). The van der Waals surface area contributed by atoms with E-state index in [4.69, 9.17) is 9.72 Å². The Morgan fingerprint density at radius 2 is 1.76 bits per heavy atom. The van der Waals surface area contributed by atoms with Crippen LogP contribution in [0.4, 0.5) is 0 Å². The number of ether oxygens (including phenoxy) is 1. The molecule has 0 saturated heterocycles. The van der Waals surface area contributed by atoms with Crippen LogP contribution in [0.25, 0.3) is 21.5 Å². The van der Waals surface area contributed by atoms with Gasteiger partial charge in [0.25, 0.3) is 0 Å². The Bertz CT molecular complexity index is 1580. The normalized spacial score (nSPS) is 11.7. The first-order valence-electron chi connectivity index (χ1n) is 12.7. The van der Waals surface area contributed by atoms with Crippen LogP contribution in [-0.2, 0) is 29.8 Å². The Hall–Kier alpha value is -3.90. The number of rotatable bonds is 8. The van der Waals surface area contributed by atoms with Gasteiger partial charge in [0.15, 0.2) is 0 Å². The number of benzene rings is 3. The SMILES string of the molecule is Cc1c(CC(=O)O)c2cc(OCc3csc(-c4ccccc4)n3)ccc2n1Cc1ccc(C(C)(C)C)cc1. The predicted octanol–water partition coefficient (Wildman–Crippen LogP) is 7.63. The first kappa shape index (κ1) is 25.7. The van der Waals surface area contributed by atoms with Crippen molar-refractivity contribution >= 4 is 28.2 Å². The van der Waals surface area contributed by atoms with Gasteiger partial charge in [0.1, 0.15) is 17.4 Å². The maximum atomic E-state index is 11.7. The van der Waals surface area contributed by atoms with Gasteiger partial charge in [-0.05, 0) is 47.2 Å². The Kier molecular flexibility index (Phi) is 7.09. The van der Waals surface area contributed by atoms with Gasteiger partial charge in [-0.25, -0.2) is 4.98 Å². The van der Waals surface area contributed by atoms with Crippen LogP contribution in [0.3, 0.4) is 0 Å². The van der Waals surface area contributed by atoms with E-state index in [0.29, 0.717) is 18.9 Å². The lowest BCUT2D eigenvalue weighted by Crippen LogP contribution is -2.11. The van der Waals surface area contributed by atoms with E-state index in [1.165, 1.54) is 11.1 Å². The zero-order valence-electron chi connectivity index (χ0n) is 22.2. The van der Waals surface area contributed by atoms with Crippen molar-refractivity contribution in [1.29, 1.82) is 0 Å². The van der Waals surface area contributed by atoms with E-state index in [0.717, 1.165) is 38.4 Å². The van der Waals surface area contributed by atoms with Crippen LogP contribution in [-0.4, -0.2) is 20.6 Å². The highest BCUT2D eigenvalue weighted by molar-refractivity contribution is 7.13. The van der Waals surface area contributed by atoms with Gasteiger partial charge >= 0.3 is 5.97 Å². The Morgan fingerprint density at radius 3 is 2.45 bits per heavy atom. The summed E-state index contributed by atoms with van der Waals surface area (Å²) < 4.78 is 8.31. The number of fused-ring (bicyclic) bond motifs is 1. The van der Waals surface area contributed by atoms with Gasteiger partial charge < -0.3 is 14.4 Å². The number of thiazole rings is 1. The topological polar surface area (TPSA) is 64.3 Å². The van der Waals surface area contributed by atoms with Crippen LogP contribution in [0.15, 0.2) is 78.2 Å². The fraction of sp³-hybridized carbons (Fsp3) is 0.250. The molecule has 6 heteroatoms. The number of aromatic nitrogens is 2. The number of nitrogens with zero attached hydrogens (tertiary/aromatic N) is 2. The molecular weight excluding hydrogens is 492 g/mol. The number of carbonyl (C=O) groups is 1. The maximum absolute atomic E-state index is 11.7. The van der Waals surface area contributed by atoms with Crippen LogP contribution in [0.5, 0.6) is 5.75 Å². The summed E-state index contributed by atoms with van der Waals surface area (Å²) in [5.74, 6) is -0.144. The highest BCUT2D eigenvalue weighted by Crippen LogP contribution is 2.32. The fourth-order valence-corrected chi connectivity index (χ4v) is 5.55. The molecule has 0 aliphatic carbocycles. The molecule has 194 valence electrons. The molecule has 1 N–H and O–H groups in total. The van der Waals surface area contributed by atoms with E-state index in [1.54, 1.807) is 11.3 Å². The molecule has 2 aromatic heterocycles. The van der Waals surface area contributed by atoms with Gasteiger partial charge in [-0.2, -0.15) is 0 Å². The monoisotopic (exact) mass is 524 g/mol. The summed E-state index contributed by atoms with van der Waals surface area (Å²) in [6.45, 7) is 9.65. The Morgan fingerprint density at radius 1 is 1.03 bits per heavy atom. The molecule has 5 rings (SSSR count). The summed E-state index contributed by atoms with van der Waals surface area (Å²) in [7, 11) is 0. The maximum Gasteiger partial charge on any atom is 0.307 e. The summed E-state index contributed by atoms with van der Waals surface area (Å²) in [5.41, 5.74) is 7.32. The number of carboxylic acids is 1. The van der Waals surface area contributed by atoms with E-state index in [-0.39, 0.29) is 11.8 Å². The molecule has 0 unspecified atom stereocenters. The smallest absolute Gasteiger partial charge is 0.307 e. The molecule has 0 radical (unpaired) electrons. The molecule has 0 atom stereocenters. The third kappa shape index (κ3) is 5.50. The van der Waals surface area contributed by atoms with Crippen molar-refractivity contribution < 1.29 is 14.6 Å². The second-order valence-electron chi connectivity index (χ2n) is 10.6. The zero-order valence-corrected chi connectivity index (χ0v) is 23.0. The van der Waals surface area contributed by atoms with Gasteiger partial charge in [-0.1, -0.05) is 75.4 Å². The molecule has 0 aliphatic rings. The number of aliphatic carboxylic acids is 1. The van der Waals surface area contributed by atoms with Gasteiger partial charge in [0.2, 0.25) is 0 Å². The molecule has 2 heterocycles. The third-order valence-electron chi connectivity index (χ3n) is 6.87. The fourth-order valence-electron chi connectivity index (χ4n) is 4.74. The van der Waals surface area contributed by atoms with Crippen LogP contribution in [0, 0.1) is 6.92 Å². The van der Waals surface area contributed by atoms with Gasteiger partial charge in [0, 0.05) is 34.1 Å². The van der Waals surface area contributed by atoms with E-state index < -0.39 is 5.97 Å². The van der Waals surface area contributed by atoms with Crippen molar-refractivity contribution in [2.45, 2.75) is 52.7 Å². The van der Waals surface area contributed by atoms with E-state index in [9.17, 15) is 9.90 Å². The average molecular weight is 525 g/mol. The van der Waals surface area contributed by atoms with Gasteiger partial charge in [-0.15, -0.1) is 11.3 Å². The molecule has 0 bridgehead atoms. The largest absolute Gasteiger partial charge is 0.487 e. The quantitative estimate of drug-likeness (QED) is 0.227. The zero-order chi connectivity index (χ0) is 26.9. The molecule has 0 spiro atoms. The lowest BCUT2D eigenvalue weighted by Gasteiger charge is -2.19. The lowest BCUT2D eigenvalue weighted by molar-refractivity contribution is -0.136. The molecule has 0 fully saturated rings. The first-order valence-corrected chi connectivity index (χ1v) is 13.6. The molecule has 0 aliphatic heterocycles. The summed E-state index contributed by atoms with van der Waals surface area (Å²) in [5, 5.41) is 13.5. The van der Waals surface area contributed by atoms with Crippen LogP contribution >= 0.6 is 11.3 Å². The predicted molar refractivity (Wildman–Crippen MR) is 154 cm³/mol. The number of hydrogen-bond acceptors (Lipinski definition) is 4. The van der Waals surface area contributed by atoms with Crippen molar-refractivity contribution in [2.75, 3.05) is 0 Å². The number of carboxylic acid groups (broad SMARTS) is 1.